The zero-order chi connectivity index (χ0) is 11.1. The van der Waals surface area contributed by atoms with Crippen molar-refractivity contribution >= 4 is 17.7 Å². The maximum absolute atomic E-state index is 11.3. The molecule has 0 amide bonds. The lowest BCUT2D eigenvalue weighted by molar-refractivity contribution is -0.144. The smallest absolute Gasteiger partial charge is 0.320 e. The molecular weight excluding hydrogens is 210 g/mol. The van der Waals surface area contributed by atoms with E-state index in [0.717, 1.165) is 18.1 Å². The second-order valence-electron chi connectivity index (χ2n) is 3.70. The van der Waals surface area contributed by atoms with Gasteiger partial charge in [-0.3, -0.25) is 9.69 Å². The van der Waals surface area contributed by atoms with Crippen LogP contribution in [-0.4, -0.2) is 48.1 Å². The molecule has 1 aliphatic carbocycles. The molecule has 1 aliphatic rings. The van der Waals surface area contributed by atoms with Crippen molar-refractivity contribution in [1.82, 2.24) is 4.90 Å². The Bertz CT molecular complexity index is 195. The Hall–Kier alpha value is -0.220. The van der Waals surface area contributed by atoms with Crippen molar-refractivity contribution < 1.29 is 9.53 Å². The summed E-state index contributed by atoms with van der Waals surface area (Å²) < 4.78 is 4.97. The molecule has 0 unspecified atom stereocenters. The average molecular weight is 231 g/mol. The zero-order valence-electron chi connectivity index (χ0n) is 9.70. The first-order valence-corrected chi connectivity index (χ1v) is 6.90. The first kappa shape index (κ1) is 12.8. The summed E-state index contributed by atoms with van der Waals surface area (Å²) in [5.41, 5.74) is 0. The van der Waals surface area contributed by atoms with Gasteiger partial charge in [0.25, 0.3) is 0 Å². The molecule has 15 heavy (non-hydrogen) atoms. The van der Waals surface area contributed by atoms with Crippen LogP contribution in [0.3, 0.4) is 0 Å². The standard InChI is InChI=1S/C11H21NO2S/c1-3-14-11(13)9-12(10-5-6-10)7-8-15-4-2/h10H,3-9H2,1-2H3. The molecule has 1 fully saturated rings. The van der Waals surface area contributed by atoms with Crippen LogP contribution in [0.25, 0.3) is 0 Å². The summed E-state index contributed by atoms with van der Waals surface area (Å²) in [6.07, 6.45) is 2.49. The molecule has 0 saturated heterocycles. The molecule has 3 nitrogen and oxygen atoms in total. The summed E-state index contributed by atoms with van der Waals surface area (Å²) in [7, 11) is 0. The minimum atomic E-state index is -0.0779. The fourth-order valence-corrected chi connectivity index (χ4v) is 2.18. The van der Waals surface area contributed by atoms with Gasteiger partial charge in [-0.25, -0.2) is 0 Å². The van der Waals surface area contributed by atoms with Gasteiger partial charge in [0.2, 0.25) is 0 Å². The number of nitrogens with zero attached hydrogens (tertiary/aromatic N) is 1. The van der Waals surface area contributed by atoms with Crippen LogP contribution in [-0.2, 0) is 9.53 Å². The SMILES string of the molecule is CCOC(=O)CN(CCSCC)C1CC1. The molecule has 0 aromatic carbocycles. The van der Waals surface area contributed by atoms with Gasteiger partial charge >= 0.3 is 5.97 Å². The van der Waals surface area contributed by atoms with Gasteiger partial charge in [-0.05, 0) is 25.5 Å². The zero-order valence-corrected chi connectivity index (χ0v) is 10.5. The Morgan fingerprint density at radius 2 is 2.20 bits per heavy atom. The van der Waals surface area contributed by atoms with E-state index in [2.05, 4.69) is 11.8 Å². The normalized spacial score (nSPS) is 15.7. The van der Waals surface area contributed by atoms with E-state index in [0.29, 0.717) is 19.2 Å². The molecule has 0 N–H and O–H groups in total. The molecule has 0 aromatic heterocycles. The van der Waals surface area contributed by atoms with Crippen LogP contribution >= 0.6 is 11.8 Å². The van der Waals surface area contributed by atoms with E-state index < -0.39 is 0 Å². The maximum Gasteiger partial charge on any atom is 0.320 e. The maximum atomic E-state index is 11.3. The van der Waals surface area contributed by atoms with Crippen molar-refractivity contribution in [1.29, 1.82) is 0 Å². The highest BCUT2D eigenvalue weighted by Crippen LogP contribution is 2.26. The predicted molar refractivity (Wildman–Crippen MR) is 64.2 cm³/mol. The Morgan fingerprint density at radius 1 is 1.47 bits per heavy atom. The van der Waals surface area contributed by atoms with E-state index in [-0.39, 0.29) is 5.97 Å². The predicted octanol–water partition coefficient (Wildman–Crippen LogP) is 1.77. The topological polar surface area (TPSA) is 29.5 Å². The average Bonchev–Trinajstić information content (AvgIpc) is 3.00. The fraction of sp³-hybridized carbons (Fsp3) is 0.909. The monoisotopic (exact) mass is 231 g/mol. The second kappa shape index (κ2) is 7.12. The minimum Gasteiger partial charge on any atom is -0.465 e. The van der Waals surface area contributed by atoms with E-state index in [1.807, 2.05) is 18.7 Å². The molecule has 88 valence electrons. The molecule has 0 spiro atoms. The third-order valence-corrected chi connectivity index (χ3v) is 3.31. The Kier molecular flexibility index (Phi) is 6.10. The highest BCUT2D eigenvalue weighted by Gasteiger charge is 2.30. The van der Waals surface area contributed by atoms with E-state index in [1.54, 1.807) is 0 Å². The van der Waals surface area contributed by atoms with Crippen LogP contribution in [0.2, 0.25) is 0 Å². The van der Waals surface area contributed by atoms with Gasteiger partial charge in [-0.2, -0.15) is 11.8 Å². The molecule has 1 saturated carbocycles. The number of hydrogen-bond acceptors (Lipinski definition) is 4. The second-order valence-corrected chi connectivity index (χ2v) is 5.10. The van der Waals surface area contributed by atoms with Crippen LogP contribution in [0.4, 0.5) is 0 Å². The summed E-state index contributed by atoms with van der Waals surface area (Å²) in [6, 6.07) is 0.645. The lowest BCUT2D eigenvalue weighted by Gasteiger charge is -2.20. The Morgan fingerprint density at radius 3 is 2.73 bits per heavy atom. The van der Waals surface area contributed by atoms with E-state index in [1.165, 1.54) is 12.8 Å². The van der Waals surface area contributed by atoms with Gasteiger partial charge in [0, 0.05) is 18.3 Å². The Labute approximate surface area is 96.5 Å². The minimum absolute atomic E-state index is 0.0779. The number of thioether (sulfide) groups is 1. The van der Waals surface area contributed by atoms with E-state index >= 15 is 0 Å². The van der Waals surface area contributed by atoms with Crippen molar-refractivity contribution in [2.24, 2.45) is 0 Å². The van der Waals surface area contributed by atoms with Crippen LogP contribution in [0.1, 0.15) is 26.7 Å². The summed E-state index contributed by atoms with van der Waals surface area (Å²) in [4.78, 5) is 13.6. The van der Waals surface area contributed by atoms with E-state index in [4.69, 9.17) is 4.74 Å². The number of carbonyl (C=O) groups excluding carboxylic acids is 1. The number of hydrogen-bond donors (Lipinski definition) is 0. The van der Waals surface area contributed by atoms with Gasteiger partial charge in [-0.15, -0.1) is 0 Å². The van der Waals surface area contributed by atoms with Gasteiger partial charge in [0.1, 0.15) is 0 Å². The van der Waals surface area contributed by atoms with Gasteiger partial charge in [0.15, 0.2) is 0 Å². The molecule has 0 bridgehead atoms. The summed E-state index contributed by atoms with van der Waals surface area (Å²) in [6.45, 7) is 6.00. The first-order chi connectivity index (χ1) is 7.27. The number of ether oxygens (including phenoxy) is 1. The molecule has 4 heteroatoms. The van der Waals surface area contributed by atoms with Crippen molar-refractivity contribution in [3.05, 3.63) is 0 Å². The third kappa shape index (κ3) is 5.42. The molecular formula is C11H21NO2S. The lowest BCUT2D eigenvalue weighted by Crippen LogP contribution is -2.34. The van der Waals surface area contributed by atoms with Crippen LogP contribution in [0.15, 0.2) is 0 Å². The summed E-state index contributed by atoms with van der Waals surface area (Å²) in [5.74, 6) is 2.19. The summed E-state index contributed by atoms with van der Waals surface area (Å²) in [5, 5.41) is 0. The molecule has 0 atom stereocenters. The number of rotatable bonds is 8. The van der Waals surface area contributed by atoms with Crippen molar-refractivity contribution in [3.63, 3.8) is 0 Å². The third-order valence-electron chi connectivity index (χ3n) is 2.43. The van der Waals surface area contributed by atoms with Crippen molar-refractivity contribution in [2.75, 3.05) is 31.2 Å². The largest absolute Gasteiger partial charge is 0.465 e. The molecule has 0 aromatic rings. The quantitative estimate of drug-likeness (QED) is 0.470. The number of carbonyl (C=O) groups is 1. The van der Waals surface area contributed by atoms with E-state index in [9.17, 15) is 4.79 Å². The van der Waals surface area contributed by atoms with Gasteiger partial charge < -0.3 is 4.74 Å². The van der Waals surface area contributed by atoms with Gasteiger partial charge in [-0.1, -0.05) is 6.92 Å². The van der Waals surface area contributed by atoms with Crippen LogP contribution in [0, 0.1) is 0 Å². The molecule has 0 heterocycles. The number of esters is 1. The fourth-order valence-electron chi connectivity index (χ4n) is 1.53. The summed E-state index contributed by atoms with van der Waals surface area (Å²) >= 11 is 1.93. The van der Waals surface area contributed by atoms with Crippen molar-refractivity contribution in [2.45, 2.75) is 32.7 Å². The highest BCUT2D eigenvalue weighted by atomic mass is 32.2. The molecule has 1 rings (SSSR count). The van der Waals surface area contributed by atoms with Crippen molar-refractivity contribution in [3.8, 4) is 0 Å². The molecule has 0 radical (unpaired) electrons. The lowest BCUT2D eigenvalue weighted by atomic mass is 10.4. The van der Waals surface area contributed by atoms with Crippen LogP contribution < -0.4 is 0 Å². The van der Waals surface area contributed by atoms with Crippen LogP contribution in [0.5, 0.6) is 0 Å². The molecule has 0 aliphatic heterocycles. The van der Waals surface area contributed by atoms with Gasteiger partial charge in [0.05, 0.1) is 13.2 Å². The first-order valence-electron chi connectivity index (χ1n) is 5.75. The Balaban J connectivity index is 2.20. The highest BCUT2D eigenvalue weighted by molar-refractivity contribution is 7.99.